The van der Waals surface area contributed by atoms with Crippen LogP contribution in [0.5, 0.6) is 0 Å². The van der Waals surface area contributed by atoms with E-state index in [2.05, 4.69) is 15.5 Å². The van der Waals surface area contributed by atoms with Gasteiger partial charge in [-0.3, -0.25) is 14.8 Å². The Balaban J connectivity index is 2.08. The zero-order valence-electron chi connectivity index (χ0n) is 11.1. The first kappa shape index (κ1) is 14.8. The summed E-state index contributed by atoms with van der Waals surface area (Å²) < 4.78 is 39.2. The largest absolute Gasteiger partial charge is 0.404 e. The van der Waals surface area contributed by atoms with Gasteiger partial charge < -0.3 is 5.32 Å². The number of amides is 1. The number of likely N-dealkylation sites (tertiary alicyclic amines) is 1. The molecular formula is C12H17F3N4O. The maximum Gasteiger partial charge on any atom is 0.404 e. The molecule has 1 saturated heterocycles. The van der Waals surface area contributed by atoms with Gasteiger partial charge in [-0.1, -0.05) is 0 Å². The fraction of sp³-hybridized carbons (Fsp3) is 0.667. The van der Waals surface area contributed by atoms with E-state index in [-0.39, 0.29) is 31.5 Å². The summed E-state index contributed by atoms with van der Waals surface area (Å²) in [4.78, 5) is 12.4. The summed E-state index contributed by atoms with van der Waals surface area (Å²) in [7, 11) is 0. The van der Waals surface area contributed by atoms with Crippen molar-refractivity contribution in [2.24, 2.45) is 0 Å². The van der Waals surface area contributed by atoms with Crippen LogP contribution in [0.15, 0.2) is 12.3 Å². The van der Waals surface area contributed by atoms with Crippen LogP contribution in [-0.2, 0) is 11.3 Å². The standard InChI is InChI=1S/C12H17F3N4O/c1-8(20)17-9-2-3-11(12(13,14)15)19(6-9)7-10-4-5-16-18-10/h4-5,9,11H,2-3,6-7H2,1H3,(H,16,18)(H,17,20). The minimum atomic E-state index is -4.26. The van der Waals surface area contributed by atoms with Crippen LogP contribution in [0.1, 0.15) is 25.5 Å². The molecule has 2 atom stereocenters. The van der Waals surface area contributed by atoms with Gasteiger partial charge in [0.15, 0.2) is 0 Å². The topological polar surface area (TPSA) is 61.0 Å². The molecule has 1 amide bonds. The van der Waals surface area contributed by atoms with Gasteiger partial charge in [-0.05, 0) is 18.9 Å². The molecule has 1 aliphatic heterocycles. The number of carbonyl (C=O) groups is 1. The van der Waals surface area contributed by atoms with E-state index in [1.807, 2.05) is 0 Å². The number of rotatable bonds is 3. The SMILES string of the molecule is CC(=O)NC1CCC(C(F)(F)F)N(Cc2ccn[nH]2)C1. The van der Waals surface area contributed by atoms with Gasteiger partial charge in [-0.15, -0.1) is 0 Å². The van der Waals surface area contributed by atoms with Crippen LogP contribution in [-0.4, -0.2) is 45.8 Å². The Hall–Kier alpha value is -1.57. The second-order valence-corrected chi connectivity index (χ2v) is 5.04. The Bertz CT molecular complexity index is 446. The van der Waals surface area contributed by atoms with Crippen molar-refractivity contribution < 1.29 is 18.0 Å². The minimum absolute atomic E-state index is 0.0113. The molecule has 0 spiro atoms. The third-order valence-corrected chi connectivity index (χ3v) is 3.40. The van der Waals surface area contributed by atoms with Gasteiger partial charge in [-0.2, -0.15) is 18.3 Å². The number of nitrogens with zero attached hydrogens (tertiary/aromatic N) is 2. The zero-order chi connectivity index (χ0) is 14.8. The number of aromatic nitrogens is 2. The Morgan fingerprint density at radius 3 is 2.85 bits per heavy atom. The average molecular weight is 290 g/mol. The van der Waals surface area contributed by atoms with Crippen LogP contribution in [0.4, 0.5) is 13.2 Å². The molecule has 8 heteroatoms. The Morgan fingerprint density at radius 2 is 2.30 bits per heavy atom. The normalized spacial score (nSPS) is 24.6. The third kappa shape index (κ3) is 3.72. The molecule has 2 N–H and O–H groups in total. The molecule has 0 radical (unpaired) electrons. The monoisotopic (exact) mass is 290 g/mol. The second kappa shape index (κ2) is 5.82. The van der Waals surface area contributed by atoms with Gasteiger partial charge >= 0.3 is 6.18 Å². The van der Waals surface area contributed by atoms with Crippen molar-refractivity contribution >= 4 is 5.91 Å². The number of hydrogen-bond donors (Lipinski definition) is 2. The van der Waals surface area contributed by atoms with Gasteiger partial charge in [0.25, 0.3) is 0 Å². The van der Waals surface area contributed by atoms with E-state index < -0.39 is 12.2 Å². The average Bonchev–Trinajstić information content (AvgIpc) is 2.79. The van der Waals surface area contributed by atoms with E-state index in [1.54, 1.807) is 6.07 Å². The van der Waals surface area contributed by atoms with Gasteiger partial charge in [0.1, 0.15) is 6.04 Å². The Kier molecular flexibility index (Phi) is 4.32. The molecule has 0 bridgehead atoms. The van der Waals surface area contributed by atoms with Crippen molar-refractivity contribution in [3.63, 3.8) is 0 Å². The highest BCUT2D eigenvalue weighted by Crippen LogP contribution is 2.32. The fourth-order valence-corrected chi connectivity index (χ4v) is 2.59. The number of alkyl halides is 3. The number of nitrogens with one attached hydrogen (secondary N) is 2. The number of halogens is 3. The lowest BCUT2D eigenvalue weighted by molar-refractivity contribution is -0.194. The zero-order valence-corrected chi connectivity index (χ0v) is 11.1. The number of hydrogen-bond acceptors (Lipinski definition) is 3. The minimum Gasteiger partial charge on any atom is -0.352 e. The summed E-state index contributed by atoms with van der Waals surface area (Å²) in [5.74, 6) is -0.220. The van der Waals surface area contributed by atoms with E-state index in [0.29, 0.717) is 12.1 Å². The Morgan fingerprint density at radius 1 is 1.55 bits per heavy atom. The van der Waals surface area contributed by atoms with E-state index in [1.165, 1.54) is 18.0 Å². The Labute approximate surface area is 114 Å². The van der Waals surface area contributed by atoms with Crippen LogP contribution in [0.3, 0.4) is 0 Å². The molecule has 5 nitrogen and oxygen atoms in total. The predicted octanol–water partition coefficient (Wildman–Crippen LogP) is 1.44. The number of piperidine rings is 1. The molecule has 0 saturated carbocycles. The molecule has 0 aliphatic carbocycles. The number of H-pyrrole nitrogens is 1. The lowest BCUT2D eigenvalue weighted by Gasteiger charge is -2.40. The second-order valence-electron chi connectivity index (χ2n) is 5.04. The van der Waals surface area contributed by atoms with Crippen molar-refractivity contribution in [1.29, 1.82) is 0 Å². The maximum atomic E-state index is 13.1. The van der Waals surface area contributed by atoms with Crippen LogP contribution >= 0.6 is 0 Å². The molecule has 1 aromatic heterocycles. The lowest BCUT2D eigenvalue weighted by Crippen LogP contribution is -2.55. The third-order valence-electron chi connectivity index (χ3n) is 3.40. The quantitative estimate of drug-likeness (QED) is 0.885. The van der Waals surface area contributed by atoms with Crippen LogP contribution < -0.4 is 5.32 Å². The highest BCUT2D eigenvalue weighted by atomic mass is 19.4. The molecule has 1 aliphatic rings. The lowest BCUT2D eigenvalue weighted by atomic mass is 9.97. The van der Waals surface area contributed by atoms with E-state index in [4.69, 9.17) is 0 Å². The summed E-state index contributed by atoms with van der Waals surface area (Å²) in [6.45, 7) is 1.69. The molecule has 2 rings (SSSR count). The van der Waals surface area contributed by atoms with Crippen molar-refractivity contribution in [3.05, 3.63) is 18.0 Å². The maximum absolute atomic E-state index is 13.1. The summed E-state index contributed by atoms with van der Waals surface area (Å²) in [6, 6.07) is -0.0695. The van der Waals surface area contributed by atoms with Crippen molar-refractivity contribution in [2.75, 3.05) is 6.54 Å². The van der Waals surface area contributed by atoms with Gasteiger partial charge in [-0.25, -0.2) is 0 Å². The van der Waals surface area contributed by atoms with E-state index >= 15 is 0 Å². The molecule has 0 aromatic carbocycles. The van der Waals surface area contributed by atoms with Crippen molar-refractivity contribution in [2.45, 2.75) is 44.6 Å². The number of carbonyl (C=O) groups excluding carboxylic acids is 1. The molecule has 1 aromatic rings. The molecule has 2 heterocycles. The summed E-state index contributed by atoms with van der Waals surface area (Å²) in [6.07, 6.45) is -2.43. The molecule has 20 heavy (non-hydrogen) atoms. The highest BCUT2D eigenvalue weighted by molar-refractivity contribution is 5.73. The van der Waals surface area contributed by atoms with E-state index in [9.17, 15) is 18.0 Å². The van der Waals surface area contributed by atoms with Crippen molar-refractivity contribution in [1.82, 2.24) is 20.4 Å². The molecule has 2 unspecified atom stereocenters. The molecule has 112 valence electrons. The molecular weight excluding hydrogens is 273 g/mol. The van der Waals surface area contributed by atoms with Gasteiger partial charge in [0.05, 0.1) is 0 Å². The first-order chi connectivity index (χ1) is 9.36. The summed E-state index contributed by atoms with van der Waals surface area (Å²) >= 11 is 0. The fourth-order valence-electron chi connectivity index (χ4n) is 2.59. The first-order valence-electron chi connectivity index (χ1n) is 6.42. The highest BCUT2D eigenvalue weighted by Gasteiger charge is 2.46. The van der Waals surface area contributed by atoms with Gasteiger partial charge in [0.2, 0.25) is 5.91 Å². The smallest absolute Gasteiger partial charge is 0.352 e. The van der Waals surface area contributed by atoms with Crippen LogP contribution in [0, 0.1) is 0 Å². The van der Waals surface area contributed by atoms with Gasteiger partial charge in [0, 0.05) is 37.9 Å². The predicted molar refractivity (Wildman–Crippen MR) is 65.7 cm³/mol. The number of aromatic amines is 1. The van der Waals surface area contributed by atoms with Crippen LogP contribution in [0.2, 0.25) is 0 Å². The molecule has 1 fully saturated rings. The van der Waals surface area contributed by atoms with Crippen LogP contribution in [0.25, 0.3) is 0 Å². The van der Waals surface area contributed by atoms with E-state index in [0.717, 1.165) is 0 Å². The first-order valence-corrected chi connectivity index (χ1v) is 6.42. The summed E-state index contributed by atoms with van der Waals surface area (Å²) in [5, 5.41) is 9.09. The van der Waals surface area contributed by atoms with Crippen molar-refractivity contribution in [3.8, 4) is 0 Å². The summed E-state index contributed by atoms with van der Waals surface area (Å²) in [5.41, 5.74) is 0.628.